The number of hydrogen-bond donors (Lipinski definition) is 3. The van der Waals surface area contributed by atoms with E-state index in [1.54, 1.807) is 12.2 Å². The van der Waals surface area contributed by atoms with Gasteiger partial charge >= 0.3 is 0 Å². The van der Waals surface area contributed by atoms with Gasteiger partial charge < -0.3 is 15.3 Å². The summed E-state index contributed by atoms with van der Waals surface area (Å²) >= 11 is 0. The summed E-state index contributed by atoms with van der Waals surface area (Å²) in [6, 6.07) is 0. The van der Waals surface area contributed by atoms with Gasteiger partial charge in [0.15, 0.2) is 0 Å². The minimum absolute atomic E-state index is 0.156. The molecule has 0 aromatic carbocycles. The lowest BCUT2D eigenvalue weighted by Gasteiger charge is -2.34. The first-order valence-corrected chi connectivity index (χ1v) is 9.18. The predicted octanol–water partition coefficient (Wildman–Crippen LogP) is 1.92. The molecule has 2 rings (SSSR count). The zero-order valence-corrected chi connectivity index (χ0v) is 16.1. The van der Waals surface area contributed by atoms with Crippen molar-refractivity contribution in [1.29, 1.82) is 0 Å². The molecule has 0 heterocycles. The van der Waals surface area contributed by atoms with Gasteiger partial charge in [0.1, 0.15) is 0 Å². The van der Waals surface area contributed by atoms with E-state index in [0.29, 0.717) is 25.7 Å². The second-order valence-corrected chi connectivity index (χ2v) is 7.10. The Bertz CT molecular complexity index is 643. The maximum absolute atomic E-state index is 10.7. The first-order valence-electron chi connectivity index (χ1n) is 9.18. The Morgan fingerprint density at radius 2 is 1.29 bits per heavy atom. The number of isocyanates is 2. The summed E-state index contributed by atoms with van der Waals surface area (Å²) in [5.74, 6) is 0. The zero-order valence-electron chi connectivity index (χ0n) is 16.1. The fourth-order valence-corrected chi connectivity index (χ4v) is 3.01. The van der Waals surface area contributed by atoms with Crippen LogP contribution in [0.1, 0.15) is 32.6 Å². The van der Waals surface area contributed by atoms with Crippen molar-refractivity contribution in [3.63, 3.8) is 0 Å². The number of nitrogens with zero attached hydrogens (tertiary/aromatic N) is 2. The molecule has 0 bridgehead atoms. The van der Waals surface area contributed by atoms with Crippen LogP contribution < -0.4 is 0 Å². The molecule has 0 aliphatic heterocycles. The van der Waals surface area contributed by atoms with E-state index in [1.807, 2.05) is 55.5 Å². The predicted molar refractivity (Wildman–Crippen MR) is 106 cm³/mol. The summed E-state index contributed by atoms with van der Waals surface area (Å²) in [6.45, 7) is 1.35. The Hall–Kier alpha value is -2.40. The molecule has 2 aliphatic rings. The first kappa shape index (κ1) is 23.6. The average molecular weight is 388 g/mol. The summed E-state index contributed by atoms with van der Waals surface area (Å²) in [6.07, 6.45) is 20.7. The largest absolute Gasteiger partial charge is 0.396 e. The fraction of sp³-hybridized carbons (Fsp3) is 0.524. The Morgan fingerprint density at radius 1 is 0.857 bits per heavy atom. The second-order valence-electron chi connectivity index (χ2n) is 7.10. The molecule has 0 saturated carbocycles. The molecule has 152 valence electrons. The summed E-state index contributed by atoms with van der Waals surface area (Å²) in [4.78, 5) is 29.3. The van der Waals surface area contributed by atoms with Crippen molar-refractivity contribution in [3.05, 3.63) is 48.6 Å². The number of hydrogen-bond acceptors (Lipinski definition) is 7. The molecule has 0 spiro atoms. The van der Waals surface area contributed by atoms with Gasteiger partial charge in [-0.05, 0) is 19.3 Å². The van der Waals surface area contributed by atoms with Crippen LogP contribution in [-0.4, -0.2) is 58.4 Å². The minimum atomic E-state index is -0.674. The van der Waals surface area contributed by atoms with E-state index in [9.17, 15) is 9.59 Å². The van der Waals surface area contributed by atoms with Crippen molar-refractivity contribution < 1.29 is 24.9 Å². The molecule has 7 heteroatoms. The third kappa shape index (κ3) is 6.34. The molecule has 0 fully saturated rings. The summed E-state index contributed by atoms with van der Waals surface area (Å²) in [7, 11) is 0. The van der Waals surface area contributed by atoms with Crippen LogP contribution in [0.5, 0.6) is 0 Å². The third-order valence-electron chi connectivity index (χ3n) is 5.16. The molecule has 0 aromatic rings. The van der Waals surface area contributed by atoms with Crippen LogP contribution in [-0.2, 0) is 9.59 Å². The standard InChI is InChI=1S/C15H14N2O2.C6H14O3/c18-12-16-14(7-3-1-4-8-14)11-15(17-13-19)9-5-2-6-10-15;1-2-6(3-7,4-8)5-9/h1-7,9H,8,10-11H2;7-9H,2-5H2,1H3. The molecular formula is C21H28N2O5. The molecule has 2 atom stereocenters. The van der Waals surface area contributed by atoms with Gasteiger partial charge in [0, 0.05) is 11.8 Å². The van der Waals surface area contributed by atoms with Gasteiger partial charge in [-0.25, -0.2) is 9.59 Å². The van der Waals surface area contributed by atoms with Crippen LogP contribution in [0.3, 0.4) is 0 Å². The highest BCUT2D eigenvalue weighted by atomic mass is 16.3. The molecule has 3 N–H and O–H groups in total. The van der Waals surface area contributed by atoms with Crippen LogP contribution in [0.2, 0.25) is 0 Å². The van der Waals surface area contributed by atoms with Crippen molar-refractivity contribution in [2.75, 3.05) is 19.8 Å². The maximum atomic E-state index is 10.7. The van der Waals surface area contributed by atoms with Crippen LogP contribution >= 0.6 is 0 Å². The normalized spacial score (nSPS) is 25.3. The van der Waals surface area contributed by atoms with Crippen LogP contribution in [0.25, 0.3) is 0 Å². The number of aliphatic hydroxyl groups excluding tert-OH is 3. The van der Waals surface area contributed by atoms with E-state index in [4.69, 9.17) is 15.3 Å². The SMILES string of the molecule is CCC(CO)(CO)CO.O=C=NC1(CC2(N=C=O)C=CC=CC2)C=CC=CC1. The van der Waals surface area contributed by atoms with E-state index >= 15 is 0 Å². The van der Waals surface area contributed by atoms with Gasteiger partial charge in [-0.1, -0.05) is 55.5 Å². The maximum Gasteiger partial charge on any atom is 0.235 e. The van der Waals surface area contributed by atoms with Crippen molar-refractivity contribution >= 4 is 12.2 Å². The van der Waals surface area contributed by atoms with E-state index in [2.05, 4.69) is 9.98 Å². The van der Waals surface area contributed by atoms with Crippen LogP contribution in [0.4, 0.5) is 0 Å². The van der Waals surface area contributed by atoms with Gasteiger partial charge in [0.05, 0.1) is 30.9 Å². The second kappa shape index (κ2) is 11.4. The van der Waals surface area contributed by atoms with Crippen molar-refractivity contribution in [3.8, 4) is 0 Å². The highest BCUT2D eigenvalue weighted by molar-refractivity contribution is 5.42. The molecule has 2 aliphatic carbocycles. The number of aliphatic hydroxyl groups is 3. The lowest BCUT2D eigenvalue weighted by atomic mass is 9.76. The van der Waals surface area contributed by atoms with Crippen LogP contribution in [0, 0.1) is 5.41 Å². The highest BCUT2D eigenvalue weighted by Gasteiger charge is 2.38. The Balaban J connectivity index is 0.000000370. The molecule has 0 aromatic heterocycles. The smallest absolute Gasteiger partial charge is 0.235 e. The lowest BCUT2D eigenvalue weighted by molar-refractivity contribution is 0.00304. The molecule has 0 amide bonds. The monoisotopic (exact) mass is 388 g/mol. The van der Waals surface area contributed by atoms with Crippen molar-refractivity contribution in [2.45, 2.75) is 43.7 Å². The molecular weight excluding hydrogens is 360 g/mol. The summed E-state index contributed by atoms with van der Waals surface area (Å²) in [5.41, 5.74) is -2.02. The van der Waals surface area contributed by atoms with Gasteiger partial charge in [-0.2, -0.15) is 9.98 Å². The molecule has 2 unspecified atom stereocenters. The summed E-state index contributed by atoms with van der Waals surface area (Å²) in [5, 5.41) is 26.0. The van der Waals surface area contributed by atoms with Crippen LogP contribution in [0.15, 0.2) is 58.6 Å². The zero-order chi connectivity index (χ0) is 20.9. The minimum Gasteiger partial charge on any atom is -0.396 e. The molecule has 0 radical (unpaired) electrons. The van der Waals surface area contributed by atoms with Gasteiger partial charge in [0.25, 0.3) is 0 Å². The Labute approximate surface area is 165 Å². The molecule has 7 nitrogen and oxygen atoms in total. The molecule has 28 heavy (non-hydrogen) atoms. The number of carbonyl (C=O) groups excluding carboxylic acids is 2. The van der Waals surface area contributed by atoms with Crippen molar-refractivity contribution in [1.82, 2.24) is 0 Å². The van der Waals surface area contributed by atoms with Gasteiger partial charge in [-0.15, -0.1) is 0 Å². The quantitative estimate of drug-likeness (QED) is 0.433. The topological polar surface area (TPSA) is 120 Å². The van der Waals surface area contributed by atoms with E-state index < -0.39 is 16.5 Å². The fourth-order valence-electron chi connectivity index (χ4n) is 3.01. The number of aliphatic imine (C=N–C) groups is 2. The van der Waals surface area contributed by atoms with Gasteiger partial charge in [-0.3, -0.25) is 0 Å². The third-order valence-corrected chi connectivity index (χ3v) is 5.16. The highest BCUT2D eigenvalue weighted by Crippen LogP contribution is 2.37. The van der Waals surface area contributed by atoms with Crippen molar-refractivity contribution in [2.24, 2.45) is 15.4 Å². The van der Waals surface area contributed by atoms with E-state index in [1.165, 1.54) is 0 Å². The van der Waals surface area contributed by atoms with Gasteiger partial charge in [0.2, 0.25) is 12.2 Å². The number of rotatable bonds is 8. The Morgan fingerprint density at radius 3 is 1.50 bits per heavy atom. The first-order chi connectivity index (χ1) is 13.5. The average Bonchev–Trinajstić information content (AvgIpc) is 2.72. The number of allylic oxidation sites excluding steroid dienone is 4. The molecule has 0 saturated heterocycles. The lowest BCUT2D eigenvalue weighted by Crippen LogP contribution is -2.37. The van der Waals surface area contributed by atoms with E-state index in [-0.39, 0.29) is 19.8 Å². The van der Waals surface area contributed by atoms with E-state index in [0.717, 1.165) is 0 Å². The Kier molecular flexibility index (Phi) is 9.66. The summed E-state index contributed by atoms with van der Waals surface area (Å²) < 4.78 is 0.